The zero-order valence-corrected chi connectivity index (χ0v) is 9.99. The molecule has 7 heteroatoms. The van der Waals surface area contributed by atoms with Gasteiger partial charge in [0.15, 0.2) is 0 Å². The molecule has 0 radical (unpaired) electrons. The summed E-state index contributed by atoms with van der Waals surface area (Å²) in [5.41, 5.74) is 4.46. The van der Waals surface area contributed by atoms with Crippen LogP contribution in [0.4, 0.5) is 10.1 Å². The van der Waals surface area contributed by atoms with Crippen LogP contribution in [0.25, 0.3) is 5.69 Å². The van der Waals surface area contributed by atoms with E-state index in [4.69, 9.17) is 5.73 Å². The zero-order valence-electron chi connectivity index (χ0n) is 8.41. The number of nitrogens with two attached hydrogens (primary N) is 1. The highest BCUT2D eigenvalue weighted by atomic mass is 79.9. The van der Waals surface area contributed by atoms with Crippen LogP contribution in [0.5, 0.6) is 0 Å². The van der Waals surface area contributed by atoms with E-state index in [0.29, 0.717) is 15.8 Å². The first-order valence-electron chi connectivity index (χ1n) is 4.56. The third-order valence-electron chi connectivity index (χ3n) is 2.15. The molecule has 0 amide bonds. The Morgan fingerprint density at radius 3 is 2.76 bits per heavy atom. The van der Waals surface area contributed by atoms with Crippen LogP contribution in [0.15, 0.2) is 38.5 Å². The highest BCUT2D eigenvalue weighted by Gasteiger charge is 2.08. The number of benzene rings is 1. The van der Waals surface area contributed by atoms with Crippen molar-refractivity contribution in [3.63, 3.8) is 0 Å². The molecule has 5 nitrogen and oxygen atoms in total. The third-order valence-corrected chi connectivity index (χ3v) is 2.64. The number of nitrogen functional groups attached to an aromatic ring is 1. The second-order valence-corrected chi connectivity index (χ2v) is 4.23. The van der Waals surface area contributed by atoms with Crippen LogP contribution in [0.1, 0.15) is 0 Å². The number of nitrogens with one attached hydrogen (secondary N) is 1. The predicted octanol–water partition coefficient (Wildman–Crippen LogP) is 1.01. The quantitative estimate of drug-likeness (QED) is 0.771. The van der Waals surface area contributed by atoms with Crippen molar-refractivity contribution in [3.05, 3.63) is 55.5 Å². The van der Waals surface area contributed by atoms with Gasteiger partial charge in [0.2, 0.25) is 5.82 Å². The van der Waals surface area contributed by atoms with E-state index in [1.54, 1.807) is 18.2 Å². The van der Waals surface area contributed by atoms with Gasteiger partial charge in [-0.15, -0.1) is 0 Å². The molecule has 17 heavy (non-hydrogen) atoms. The number of anilines is 1. The van der Waals surface area contributed by atoms with Crippen LogP contribution in [0.2, 0.25) is 0 Å². The fourth-order valence-electron chi connectivity index (χ4n) is 1.35. The molecule has 88 valence electrons. The lowest BCUT2D eigenvalue weighted by Crippen LogP contribution is -2.30. The van der Waals surface area contributed by atoms with Crippen molar-refractivity contribution in [3.8, 4) is 5.69 Å². The Labute approximate surface area is 103 Å². The van der Waals surface area contributed by atoms with Gasteiger partial charge in [0.05, 0.1) is 17.6 Å². The van der Waals surface area contributed by atoms with Crippen LogP contribution in [0.3, 0.4) is 0 Å². The van der Waals surface area contributed by atoms with Crippen LogP contribution in [0, 0.1) is 5.82 Å². The lowest BCUT2D eigenvalue weighted by molar-refractivity contribution is 0.587. The Balaban J connectivity index is 2.77. The van der Waals surface area contributed by atoms with Crippen molar-refractivity contribution < 1.29 is 4.39 Å². The van der Waals surface area contributed by atoms with Gasteiger partial charge in [-0.25, -0.2) is 4.79 Å². The average Bonchev–Trinajstić information content (AvgIpc) is 2.27. The molecule has 3 N–H and O–H groups in total. The molecule has 0 spiro atoms. The lowest BCUT2D eigenvalue weighted by Gasteiger charge is -2.08. The van der Waals surface area contributed by atoms with Crippen molar-refractivity contribution >= 4 is 21.6 Å². The van der Waals surface area contributed by atoms with E-state index in [-0.39, 0.29) is 0 Å². The maximum Gasteiger partial charge on any atom is 0.333 e. The van der Waals surface area contributed by atoms with Gasteiger partial charge in [-0.1, -0.05) is 15.9 Å². The summed E-state index contributed by atoms with van der Waals surface area (Å²) in [5.74, 6) is -1.05. The summed E-state index contributed by atoms with van der Waals surface area (Å²) in [7, 11) is 0. The summed E-state index contributed by atoms with van der Waals surface area (Å²) in [6, 6.07) is 4.80. The zero-order chi connectivity index (χ0) is 12.6. The second kappa shape index (κ2) is 4.17. The molecule has 2 rings (SSSR count). The number of nitrogens with zero attached hydrogens (tertiary/aromatic N) is 1. The molecule has 0 fully saturated rings. The van der Waals surface area contributed by atoms with Gasteiger partial charge < -0.3 is 5.73 Å². The van der Waals surface area contributed by atoms with Crippen molar-refractivity contribution in [2.24, 2.45) is 0 Å². The van der Waals surface area contributed by atoms with Crippen LogP contribution >= 0.6 is 15.9 Å². The van der Waals surface area contributed by atoms with E-state index in [1.165, 1.54) is 0 Å². The molecule has 0 bridgehead atoms. The third kappa shape index (κ3) is 2.14. The monoisotopic (exact) mass is 299 g/mol. The SMILES string of the molecule is Nc1ccc(Br)cc1-n1cc(F)c(=O)[nH]c1=O. The molecular weight excluding hydrogens is 293 g/mol. The van der Waals surface area contributed by atoms with Crippen molar-refractivity contribution in [1.29, 1.82) is 0 Å². The number of rotatable bonds is 1. The first-order valence-corrected chi connectivity index (χ1v) is 5.35. The summed E-state index contributed by atoms with van der Waals surface area (Å²) in [6.07, 6.45) is 0.805. The maximum absolute atomic E-state index is 13.1. The molecule has 0 aliphatic rings. The van der Waals surface area contributed by atoms with Gasteiger partial charge in [0.1, 0.15) is 0 Å². The number of aromatic amines is 1. The normalized spacial score (nSPS) is 10.5. The predicted molar refractivity (Wildman–Crippen MR) is 64.7 cm³/mol. The van der Waals surface area contributed by atoms with E-state index in [9.17, 15) is 14.0 Å². The molecule has 0 unspecified atom stereocenters. The molecule has 0 atom stereocenters. The molecule has 1 aromatic carbocycles. The summed E-state index contributed by atoms with van der Waals surface area (Å²) in [4.78, 5) is 24.3. The summed E-state index contributed by atoms with van der Waals surface area (Å²) >= 11 is 3.21. The largest absolute Gasteiger partial charge is 0.397 e. The molecule has 0 aliphatic heterocycles. The fraction of sp³-hybridized carbons (Fsp3) is 0. The maximum atomic E-state index is 13.1. The molecule has 1 aromatic heterocycles. The smallest absolute Gasteiger partial charge is 0.333 e. The van der Waals surface area contributed by atoms with Crippen LogP contribution in [-0.2, 0) is 0 Å². The molecule has 0 saturated carbocycles. The van der Waals surface area contributed by atoms with Crippen molar-refractivity contribution in [2.75, 3.05) is 5.73 Å². The molecular formula is C10H7BrFN3O2. The van der Waals surface area contributed by atoms with Crippen LogP contribution < -0.4 is 17.0 Å². The second-order valence-electron chi connectivity index (χ2n) is 3.31. The van der Waals surface area contributed by atoms with Crippen molar-refractivity contribution in [2.45, 2.75) is 0 Å². The minimum atomic E-state index is -1.06. The van der Waals surface area contributed by atoms with E-state index in [1.807, 2.05) is 4.98 Å². The Kier molecular flexibility index (Phi) is 2.84. The summed E-state index contributed by atoms with van der Waals surface area (Å²) in [5, 5.41) is 0. The lowest BCUT2D eigenvalue weighted by atomic mass is 10.2. The first-order chi connectivity index (χ1) is 7.99. The van der Waals surface area contributed by atoms with E-state index in [0.717, 1.165) is 10.8 Å². The van der Waals surface area contributed by atoms with Crippen LogP contribution in [-0.4, -0.2) is 9.55 Å². The number of aromatic nitrogens is 2. The van der Waals surface area contributed by atoms with Crippen molar-refractivity contribution in [1.82, 2.24) is 9.55 Å². The highest BCUT2D eigenvalue weighted by molar-refractivity contribution is 9.10. The molecule has 0 saturated heterocycles. The standard InChI is InChI=1S/C10H7BrFN3O2/c11-5-1-2-7(13)8(3-5)15-4-6(12)9(16)14-10(15)17/h1-4H,13H2,(H,14,16,17). The van der Waals surface area contributed by atoms with Gasteiger partial charge in [0, 0.05) is 4.47 Å². The first kappa shape index (κ1) is 11.6. The van der Waals surface area contributed by atoms with Gasteiger partial charge in [-0.2, -0.15) is 4.39 Å². The molecule has 0 aliphatic carbocycles. The van der Waals surface area contributed by atoms with E-state index >= 15 is 0 Å². The van der Waals surface area contributed by atoms with Gasteiger partial charge >= 0.3 is 5.69 Å². The van der Waals surface area contributed by atoms with E-state index in [2.05, 4.69) is 15.9 Å². The molecule has 1 heterocycles. The highest BCUT2D eigenvalue weighted by Crippen LogP contribution is 2.20. The topological polar surface area (TPSA) is 80.9 Å². The Bertz CT molecular complexity index is 693. The average molecular weight is 300 g/mol. The van der Waals surface area contributed by atoms with E-state index < -0.39 is 17.1 Å². The van der Waals surface area contributed by atoms with Gasteiger partial charge in [-0.3, -0.25) is 14.3 Å². The number of halogens is 2. The Morgan fingerprint density at radius 1 is 1.35 bits per heavy atom. The van der Waals surface area contributed by atoms with Gasteiger partial charge in [-0.05, 0) is 18.2 Å². The van der Waals surface area contributed by atoms with Gasteiger partial charge in [0.25, 0.3) is 5.56 Å². The summed E-state index contributed by atoms with van der Waals surface area (Å²) in [6.45, 7) is 0. The molecule has 2 aromatic rings. The number of hydrogen-bond donors (Lipinski definition) is 2. The fourth-order valence-corrected chi connectivity index (χ4v) is 1.70. The Hall–Kier alpha value is -1.89. The Morgan fingerprint density at radius 2 is 2.06 bits per heavy atom. The number of H-pyrrole nitrogens is 1. The minimum Gasteiger partial charge on any atom is -0.397 e. The minimum absolute atomic E-state index is 0.291. The summed E-state index contributed by atoms with van der Waals surface area (Å²) < 4.78 is 14.7. The number of hydrogen-bond acceptors (Lipinski definition) is 3.